The van der Waals surface area contributed by atoms with Gasteiger partial charge in [-0.05, 0) is 13.0 Å². The molecule has 0 atom stereocenters. The molecule has 1 heterocycles. The monoisotopic (exact) mass is 278 g/mol. The molecule has 1 aromatic heterocycles. The number of aromatic nitrogens is 1. The number of hydrogen-bond donors (Lipinski definition) is 1. The third-order valence-electron chi connectivity index (χ3n) is 2.45. The standard InChI is InChI=1S/C14H18N2O4/c1-4-12(17)11(14(18)20-5-2)9-15-10-6-7-13(19-3)16-8-10/h6-9,15H,4-5H2,1-3H3/b11-9-. The molecule has 0 unspecified atom stereocenters. The summed E-state index contributed by atoms with van der Waals surface area (Å²) in [6, 6.07) is 3.39. The summed E-state index contributed by atoms with van der Waals surface area (Å²) in [7, 11) is 1.52. The molecule has 6 nitrogen and oxygen atoms in total. The van der Waals surface area contributed by atoms with Crippen molar-refractivity contribution in [2.45, 2.75) is 20.3 Å². The van der Waals surface area contributed by atoms with Crippen LogP contribution in [0.2, 0.25) is 0 Å². The van der Waals surface area contributed by atoms with Crippen molar-refractivity contribution in [3.05, 3.63) is 30.1 Å². The summed E-state index contributed by atoms with van der Waals surface area (Å²) < 4.78 is 9.79. The number of pyridine rings is 1. The molecule has 0 radical (unpaired) electrons. The normalized spacial score (nSPS) is 10.8. The number of nitrogens with one attached hydrogen (secondary N) is 1. The lowest BCUT2D eigenvalue weighted by atomic mass is 10.1. The van der Waals surface area contributed by atoms with Crippen molar-refractivity contribution in [1.29, 1.82) is 0 Å². The Labute approximate surface area is 117 Å². The number of hydrogen-bond acceptors (Lipinski definition) is 6. The topological polar surface area (TPSA) is 77.5 Å². The maximum Gasteiger partial charge on any atom is 0.343 e. The zero-order chi connectivity index (χ0) is 15.0. The lowest BCUT2D eigenvalue weighted by Gasteiger charge is -2.06. The van der Waals surface area contributed by atoms with Crippen LogP contribution in [0.1, 0.15) is 20.3 Å². The van der Waals surface area contributed by atoms with Gasteiger partial charge in [0.1, 0.15) is 5.57 Å². The van der Waals surface area contributed by atoms with Gasteiger partial charge < -0.3 is 14.8 Å². The largest absolute Gasteiger partial charge is 0.481 e. The van der Waals surface area contributed by atoms with E-state index in [4.69, 9.17) is 9.47 Å². The van der Waals surface area contributed by atoms with Crippen molar-refractivity contribution in [3.8, 4) is 5.88 Å². The zero-order valence-electron chi connectivity index (χ0n) is 11.8. The first-order valence-electron chi connectivity index (χ1n) is 6.29. The van der Waals surface area contributed by atoms with Crippen molar-refractivity contribution < 1.29 is 19.1 Å². The van der Waals surface area contributed by atoms with Crippen molar-refractivity contribution in [1.82, 2.24) is 4.98 Å². The molecule has 0 aliphatic carbocycles. The maximum atomic E-state index is 11.7. The summed E-state index contributed by atoms with van der Waals surface area (Å²) >= 11 is 0. The number of ether oxygens (including phenoxy) is 2. The van der Waals surface area contributed by atoms with Gasteiger partial charge in [0.2, 0.25) is 5.88 Å². The Balaban J connectivity index is 2.84. The van der Waals surface area contributed by atoms with Gasteiger partial charge in [0.15, 0.2) is 5.78 Å². The van der Waals surface area contributed by atoms with E-state index in [0.717, 1.165) is 0 Å². The lowest BCUT2D eigenvalue weighted by Crippen LogP contribution is -2.16. The highest BCUT2D eigenvalue weighted by Crippen LogP contribution is 2.12. The van der Waals surface area contributed by atoms with Gasteiger partial charge in [-0.1, -0.05) is 6.92 Å². The Hall–Kier alpha value is -2.37. The van der Waals surface area contributed by atoms with Crippen molar-refractivity contribution >= 4 is 17.4 Å². The summed E-state index contributed by atoms with van der Waals surface area (Å²) in [4.78, 5) is 27.4. The molecule has 0 aliphatic rings. The summed E-state index contributed by atoms with van der Waals surface area (Å²) in [6.45, 7) is 3.59. The fourth-order valence-corrected chi connectivity index (χ4v) is 1.39. The average Bonchev–Trinajstić information content (AvgIpc) is 2.48. The highest BCUT2D eigenvalue weighted by Gasteiger charge is 2.17. The van der Waals surface area contributed by atoms with E-state index in [1.165, 1.54) is 19.5 Å². The Kier molecular flexibility index (Phi) is 6.22. The average molecular weight is 278 g/mol. The number of anilines is 1. The van der Waals surface area contributed by atoms with Gasteiger partial charge in [0, 0.05) is 18.7 Å². The van der Waals surface area contributed by atoms with Gasteiger partial charge in [-0.15, -0.1) is 0 Å². The lowest BCUT2D eigenvalue weighted by molar-refractivity contribution is -0.140. The molecule has 0 bridgehead atoms. The first-order valence-corrected chi connectivity index (χ1v) is 6.29. The Morgan fingerprint density at radius 1 is 1.35 bits per heavy atom. The van der Waals surface area contributed by atoms with Crippen LogP contribution < -0.4 is 10.1 Å². The predicted molar refractivity (Wildman–Crippen MR) is 74.4 cm³/mol. The maximum absolute atomic E-state index is 11.7. The molecule has 0 aliphatic heterocycles. The molecule has 1 aromatic rings. The minimum atomic E-state index is -0.631. The van der Waals surface area contributed by atoms with Crippen molar-refractivity contribution in [3.63, 3.8) is 0 Å². The number of rotatable bonds is 7. The Bertz CT molecular complexity index is 494. The second-order valence-electron chi connectivity index (χ2n) is 3.79. The number of methoxy groups -OCH3 is 1. The van der Waals surface area contributed by atoms with Gasteiger partial charge in [-0.25, -0.2) is 9.78 Å². The predicted octanol–water partition coefficient (Wildman–Crippen LogP) is 1.93. The van der Waals surface area contributed by atoms with E-state index in [2.05, 4.69) is 10.3 Å². The van der Waals surface area contributed by atoms with Crippen LogP contribution in [0.25, 0.3) is 0 Å². The molecule has 1 N–H and O–H groups in total. The molecule has 6 heteroatoms. The van der Waals surface area contributed by atoms with E-state index in [1.54, 1.807) is 26.0 Å². The van der Waals surface area contributed by atoms with Gasteiger partial charge in [-0.2, -0.15) is 0 Å². The second kappa shape index (κ2) is 7.93. The molecule has 0 saturated heterocycles. The third-order valence-corrected chi connectivity index (χ3v) is 2.45. The number of esters is 1. The number of ketones is 1. The minimum Gasteiger partial charge on any atom is -0.481 e. The summed E-state index contributed by atoms with van der Waals surface area (Å²) in [6.07, 6.45) is 3.11. The SMILES string of the molecule is CCOC(=O)/C(=C\Nc1ccc(OC)nc1)C(=O)CC. The number of nitrogens with zero attached hydrogens (tertiary/aromatic N) is 1. The second-order valence-corrected chi connectivity index (χ2v) is 3.79. The van der Waals surface area contributed by atoms with Crippen molar-refractivity contribution in [2.24, 2.45) is 0 Å². The molecule has 108 valence electrons. The van der Waals surface area contributed by atoms with Gasteiger partial charge in [0.05, 0.1) is 25.6 Å². The minimum absolute atomic E-state index is 0.00910. The van der Waals surface area contributed by atoms with Crippen molar-refractivity contribution in [2.75, 3.05) is 19.0 Å². The molecule has 20 heavy (non-hydrogen) atoms. The Morgan fingerprint density at radius 3 is 2.60 bits per heavy atom. The van der Waals surface area contributed by atoms with E-state index in [-0.39, 0.29) is 24.4 Å². The molecule has 0 fully saturated rings. The highest BCUT2D eigenvalue weighted by atomic mass is 16.5. The summed E-state index contributed by atoms with van der Waals surface area (Å²) in [5.74, 6) is -0.430. The molecular weight excluding hydrogens is 260 g/mol. The van der Waals surface area contributed by atoms with Crippen LogP contribution >= 0.6 is 0 Å². The fraction of sp³-hybridized carbons (Fsp3) is 0.357. The molecule has 1 rings (SSSR count). The van der Waals surface area contributed by atoms with Crippen LogP contribution in [0.5, 0.6) is 5.88 Å². The number of carbonyl (C=O) groups excluding carboxylic acids is 2. The first kappa shape index (κ1) is 15.7. The molecular formula is C14H18N2O4. The van der Waals surface area contributed by atoms with Gasteiger partial charge >= 0.3 is 5.97 Å². The van der Waals surface area contributed by atoms with E-state index < -0.39 is 5.97 Å². The van der Waals surface area contributed by atoms with Crippen LogP contribution in [-0.4, -0.2) is 30.5 Å². The zero-order valence-corrected chi connectivity index (χ0v) is 11.8. The molecule has 0 saturated carbocycles. The first-order chi connectivity index (χ1) is 9.62. The molecule has 0 amide bonds. The fourth-order valence-electron chi connectivity index (χ4n) is 1.39. The van der Waals surface area contributed by atoms with Crippen LogP contribution in [0.4, 0.5) is 5.69 Å². The number of Topliss-reactive ketones (excluding diaryl/α,β-unsaturated/α-hetero) is 1. The Morgan fingerprint density at radius 2 is 2.10 bits per heavy atom. The van der Waals surface area contributed by atoms with E-state index in [1.807, 2.05) is 0 Å². The van der Waals surface area contributed by atoms with Crippen LogP contribution in [0.3, 0.4) is 0 Å². The molecule has 0 aromatic carbocycles. The van der Waals surface area contributed by atoms with E-state index in [0.29, 0.717) is 11.6 Å². The smallest absolute Gasteiger partial charge is 0.343 e. The van der Waals surface area contributed by atoms with Gasteiger partial charge in [0.25, 0.3) is 0 Å². The summed E-state index contributed by atoms with van der Waals surface area (Å²) in [5, 5.41) is 2.85. The van der Waals surface area contributed by atoms with E-state index in [9.17, 15) is 9.59 Å². The van der Waals surface area contributed by atoms with Gasteiger partial charge in [-0.3, -0.25) is 4.79 Å². The van der Waals surface area contributed by atoms with Crippen LogP contribution in [-0.2, 0) is 14.3 Å². The summed E-state index contributed by atoms with van der Waals surface area (Å²) in [5.41, 5.74) is 0.627. The quantitative estimate of drug-likeness (QED) is 0.355. The highest BCUT2D eigenvalue weighted by molar-refractivity contribution is 6.17. The van der Waals surface area contributed by atoms with Crippen LogP contribution in [0, 0.1) is 0 Å². The van der Waals surface area contributed by atoms with E-state index >= 15 is 0 Å². The molecule has 0 spiro atoms. The van der Waals surface area contributed by atoms with Crippen LogP contribution in [0.15, 0.2) is 30.1 Å². The number of carbonyl (C=O) groups is 2. The third kappa shape index (κ3) is 4.38.